The standard InChI is InChI=1S/C15H22FN3O2/c1-17-13(21)14(18-10-20)8-15(9-14,19(2)3)11-5-4-6-12(16)7-11/h5,7,10H,4,6,8-9H2,1-3H3,(H,17,21)(H,18,20). The second kappa shape index (κ2) is 5.60. The van der Waals surface area contributed by atoms with Gasteiger partial charge in [-0.3, -0.25) is 14.5 Å². The molecule has 2 rings (SSSR count). The highest BCUT2D eigenvalue weighted by Crippen LogP contribution is 2.50. The van der Waals surface area contributed by atoms with E-state index < -0.39 is 11.1 Å². The second-order valence-electron chi connectivity index (χ2n) is 5.99. The summed E-state index contributed by atoms with van der Waals surface area (Å²) in [6.07, 6.45) is 6.11. The molecule has 0 radical (unpaired) electrons. The molecule has 0 aromatic heterocycles. The minimum absolute atomic E-state index is 0.130. The fourth-order valence-corrected chi connectivity index (χ4v) is 3.40. The van der Waals surface area contributed by atoms with Gasteiger partial charge >= 0.3 is 0 Å². The predicted molar refractivity (Wildman–Crippen MR) is 78.2 cm³/mol. The Morgan fingerprint density at radius 3 is 2.57 bits per heavy atom. The molecule has 21 heavy (non-hydrogen) atoms. The van der Waals surface area contributed by atoms with Crippen molar-refractivity contribution in [1.82, 2.24) is 15.5 Å². The third-order valence-electron chi connectivity index (χ3n) is 4.64. The lowest BCUT2D eigenvalue weighted by Crippen LogP contribution is -2.74. The number of halogens is 1. The number of hydrogen-bond donors (Lipinski definition) is 2. The Kier molecular flexibility index (Phi) is 4.18. The second-order valence-corrected chi connectivity index (χ2v) is 5.99. The Labute approximate surface area is 124 Å². The van der Waals surface area contributed by atoms with Gasteiger partial charge in [-0.15, -0.1) is 0 Å². The molecular formula is C15H22FN3O2. The van der Waals surface area contributed by atoms with Crippen LogP contribution in [0.3, 0.4) is 0 Å². The molecule has 116 valence electrons. The topological polar surface area (TPSA) is 61.4 Å². The summed E-state index contributed by atoms with van der Waals surface area (Å²) >= 11 is 0. The van der Waals surface area contributed by atoms with Crippen LogP contribution in [0.4, 0.5) is 4.39 Å². The molecular weight excluding hydrogens is 273 g/mol. The summed E-state index contributed by atoms with van der Waals surface area (Å²) in [5.41, 5.74) is -0.438. The fourth-order valence-electron chi connectivity index (χ4n) is 3.40. The van der Waals surface area contributed by atoms with E-state index in [0.29, 0.717) is 32.1 Å². The molecule has 2 amide bonds. The molecule has 0 spiro atoms. The van der Waals surface area contributed by atoms with Crippen molar-refractivity contribution in [2.75, 3.05) is 21.1 Å². The van der Waals surface area contributed by atoms with Crippen LogP contribution in [0.1, 0.15) is 25.7 Å². The number of likely N-dealkylation sites (N-methyl/N-ethyl adjacent to an activating group) is 2. The normalized spacial score (nSPS) is 31.9. The number of hydrogen-bond acceptors (Lipinski definition) is 3. The molecule has 0 aliphatic heterocycles. The molecule has 0 aromatic rings. The fraction of sp³-hybridized carbons (Fsp3) is 0.600. The third kappa shape index (κ3) is 2.48. The van der Waals surface area contributed by atoms with Gasteiger partial charge in [0.05, 0.1) is 5.54 Å². The summed E-state index contributed by atoms with van der Waals surface area (Å²) in [6.45, 7) is 0. The van der Waals surface area contributed by atoms with E-state index in [9.17, 15) is 14.0 Å². The van der Waals surface area contributed by atoms with Crippen molar-refractivity contribution in [3.8, 4) is 0 Å². The average molecular weight is 295 g/mol. The number of amides is 2. The van der Waals surface area contributed by atoms with E-state index in [2.05, 4.69) is 10.6 Å². The number of nitrogens with one attached hydrogen (secondary N) is 2. The Bertz CT molecular complexity index is 505. The summed E-state index contributed by atoms with van der Waals surface area (Å²) in [5, 5.41) is 5.24. The maximum absolute atomic E-state index is 13.6. The Hall–Kier alpha value is -1.69. The SMILES string of the molecule is CNC(=O)C1(NC=O)CC(C2=CCCC(F)=C2)(N(C)C)C1. The molecule has 0 bridgehead atoms. The van der Waals surface area contributed by atoms with Crippen LogP contribution in [0, 0.1) is 0 Å². The number of carbonyl (C=O) groups is 2. The molecule has 0 aromatic carbocycles. The van der Waals surface area contributed by atoms with E-state index in [-0.39, 0.29) is 11.7 Å². The van der Waals surface area contributed by atoms with Crippen LogP contribution >= 0.6 is 0 Å². The molecule has 0 unspecified atom stereocenters. The monoisotopic (exact) mass is 295 g/mol. The van der Waals surface area contributed by atoms with E-state index in [0.717, 1.165) is 5.57 Å². The molecule has 0 saturated heterocycles. The zero-order chi connectivity index (χ0) is 15.7. The van der Waals surface area contributed by atoms with E-state index in [4.69, 9.17) is 0 Å². The molecule has 2 aliphatic carbocycles. The zero-order valence-corrected chi connectivity index (χ0v) is 12.7. The van der Waals surface area contributed by atoms with Crippen molar-refractivity contribution < 1.29 is 14.0 Å². The summed E-state index contributed by atoms with van der Waals surface area (Å²) in [6, 6.07) is 0. The Morgan fingerprint density at radius 1 is 1.43 bits per heavy atom. The van der Waals surface area contributed by atoms with E-state index in [1.807, 2.05) is 25.1 Å². The smallest absolute Gasteiger partial charge is 0.245 e. The van der Waals surface area contributed by atoms with Crippen molar-refractivity contribution in [2.45, 2.75) is 36.8 Å². The van der Waals surface area contributed by atoms with Crippen LogP contribution in [0.15, 0.2) is 23.6 Å². The van der Waals surface area contributed by atoms with Crippen molar-refractivity contribution >= 4 is 12.3 Å². The number of rotatable bonds is 5. The molecule has 1 saturated carbocycles. The van der Waals surface area contributed by atoms with Crippen LogP contribution in [-0.4, -0.2) is 49.4 Å². The van der Waals surface area contributed by atoms with Crippen molar-refractivity contribution in [2.24, 2.45) is 0 Å². The van der Waals surface area contributed by atoms with Gasteiger partial charge in [-0.25, -0.2) is 4.39 Å². The van der Waals surface area contributed by atoms with Crippen LogP contribution in [-0.2, 0) is 9.59 Å². The van der Waals surface area contributed by atoms with Crippen LogP contribution < -0.4 is 10.6 Å². The largest absolute Gasteiger partial charge is 0.357 e. The van der Waals surface area contributed by atoms with Gasteiger partial charge in [-0.05, 0) is 32.2 Å². The first-order valence-electron chi connectivity index (χ1n) is 7.08. The number of carbonyl (C=O) groups excluding carboxylic acids is 2. The van der Waals surface area contributed by atoms with Crippen LogP contribution in [0.2, 0.25) is 0 Å². The lowest BCUT2D eigenvalue weighted by Gasteiger charge is -2.58. The van der Waals surface area contributed by atoms with E-state index >= 15 is 0 Å². The van der Waals surface area contributed by atoms with E-state index in [1.54, 1.807) is 13.1 Å². The van der Waals surface area contributed by atoms with Crippen LogP contribution in [0.25, 0.3) is 0 Å². The quantitative estimate of drug-likeness (QED) is 0.740. The van der Waals surface area contributed by atoms with Gasteiger partial charge in [0.25, 0.3) is 0 Å². The first-order chi connectivity index (χ1) is 9.90. The highest BCUT2D eigenvalue weighted by Gasteiger charge is 2.61. The first-order valence-corrected chi connectivity index (χ1v) is 7.08. The zero-order valence-electron chi connectivity index (χ0n) is 12.7. The van der Waals surface area contributed by atoms with Gasteiger partial charge in [0.2, 0.25) is 12.3 Å². The Balaban J connectivity index is 2.31. The maximum atomic E-state index is 13.6. The summed E-state index contributed by atoms with van der Waals surface area (Å²) in [5.74, 6) is -0.345. The van der Waals surface area contributed by atoms with Crippen LogP contribution in [0.5, 0.6) is 0 Å². The molecule has 1 fully saturated rings. The lowest BCUT2D eigenvalue weighted by molar-refractivity contribution is -0.139. The highest BCUT2D eigenvalue weighted by atomic mass is 19.1. The molecule has 2 aliphatic rings. The minimum atomic E-state index is -0.913. The lowest BCUT2D eigenvalue weighted by atomic mass is 9.57. The van der Waals surface area contributed by atoms with Gasteiger partial charge in [0.15, 0.2) is 0 Å². The molecule has 0 atom stereocenters. The first kappa shape index (κ1) is 15.7. The molecule has 6 heteroatoms. The van der Waals surface area contributed by atoms with Gasteiger partial charge < -0.3 is 10.6 Å². The maximum Gasteiger partial charge on any atom is 0.245 e. The molecule has 0 heterocycles. The molecule has 5 nitrogen and oxygen atoms in total. The van der Waals surface area contributed by atoms with Gasteiger partial charge in [-0.1, -0.05) is 6.08 Å². The number of allylic oxidation sites excluding steroid dienone is 2. The van der Waals surface area contributed by atoms with Crippen molar-refractivity contribution in [3.63, 3.8) is 0 Å². The summed E-state index contributed by atoms with van der Waals surface area (Å²) in [7, 11) is 5.37. The van der Waals surface area contributed by atoms with E-state index in [1.165, 1.54) is 0 Å². The van der Waals surface area contributed by atoms with Gasteiger partial charge in [0.1, 0.15) is 11.4 Å². The number of nitrogens with zero attached hydrogens (tertiary/aromatic N) is 1. The highest BCUT2D eigenvalue weighted by molar-refractivity contribution is 5.90. The summed E-state index contributed by atoms with van der Waals surface area (Å²) in [4.78, 5) is 25.0. The van der Waals surface area contributed by atoms with Gasteiger partial charge in [-0.2, -0.15) is 0 Å². The average Bonchev–Trinajstić information content (AvgIpc) is 2.41. The van der Waals surface area contributed by atoms with Gasteiger partial charge in [0, 0.05) is 26.3 Å². The van der Waals surface area contributed by atoms with Crippen molar-refractivity contribution in [3.05, 3.63) is 23.6 Å². The summed E-state index contributed by atoms with van der Waals surface area (Å²) < 4.78 is 13.6. The minimum Gasteiger partial charge on any atom is -0.357 e. The molecule has 2 N–H and O–H groups in total. The predicted octanol–water partition coefficient (Wildman–Crippen LogP) is 0.885. The Morgan fingerprint density at radius 2 is 2.10 bits per heavy atom. The van der Waals surface area contributed by atoms with Crippen molar-refractivity contribution in [1.29, 1.82) is 0 Å². The third-order valence-corrected chi connectivity index (χ3v) is 4.64.